The Balaban J connectivity index is 1.59. The highest BCUT2D eigenvalue weighted by atomic mass is 16.2. The molecule has 0 radical (unpaired) electrons. The molecule has 1 unspecified atom stereocenters. The summed E-state index contributed by atoms with van der Waals surface area (Å²) in [5, 5.41) is 1.25. The molecule has 1 heterocycles. The summed E-state index contributed by atoms with van der Waals surface area (Å²) in [7, 11) is 2.22. The van der Waals surface area contributed by atoms with Gasteiger partial charge in [0.15, 0.2) is 0 Å². The van der Waals surface area contributed by atoms with Crippen LogP contribution in [0.1, 0.15) is 74.7 Å². The van der Waals surface area contributed by atoms with Crippen LogP contribution in [-0.4, -0.2) is 35.0 Å². The maximum atomic E-state index is 13.1. The molecule has 0 aliphatic heterocycles. The van der Waals surface area contributed by atoms with Gasteiger partial charge in [-0.3, -0.25) is 14.3 Å². The van der Waals surface area contributed by atoms with E-state index in [0.29, 0.717) is 18.4 Å². The fourth-order valence-electron chi connectivity index (χ4n) is 5.42. The summed E-state index contributed by atoms with van der Waals surface area (Å²) in [6, 6.07) is 6.69. The highest BCUT2D eigenvalue weighted by Crippen LogP contribution is 2.39. The van der Waals surface area contributed by atoms with Crippen LogP contribution in [-0.2, 0) is 6.42 Å². The molecule has 4 rings (SSSR count). The average molecular weight is 393 g/mol. The molecule has 1 aromatic heterocycles. The van der Waals surface area contributed by atoms with Crippen LogP contribution in [0.4, 0.5) is 0 Å². The molecule has 0 spiro atoms. The van der Waals surface area contributed by atoms with Gasteiger partial charge in [-0.1, -0.05) is 64.7 Å². The molecule has 2 atom stereocenters. The predicted molar refractivity (Wildman–Crippen MR) is 122 cm³/mol. The van der Waals surface area contributed by atoms with Crippen LogP contribution in [0.15, 0.2) is 31.0 Å². The van der Waals surface area contributed by atoms with Gasteiger partial charge in [0, 0.05) is 30.6 Å². The van der Waals surface area contributed by atoms with Crippen molar-refractivity contribution in [3.8, 4) is 0 Å². The minimum Gasteiger partial charge on any atom is -0.299 e. The van der Waals surface area contributed by atoms with Crippen LogP contribution in [0.25, 0.3) is 16.5 Å². The van der Waals surface area contributed by atoms with E-state index >= 15 is 0 Å². The van der Waals surface area contributed by atoms with Gasteiger partial charge in [-0.25, -0.2) is 0 Å². The van der Waals surface area contributed by atoms with Gasteiger partial charge in [0.1, 0.15) is 0 Å². The van der Waals surface area contributed by atoms with Gasteiger partial charge in [-0.05, 0) is 54.5 Å². The van der Waals surface area contributed by atoms with Gasteiger partial charge in [0.05, 0.1) is 5.52 Å². The number of carbonyl (C=O) groups is 1. The molecule has 1 aromatic carbocycles. The summed E-state index contributed by atoms with van der Waals surface area (Å²) < 4.78 is 1.94. The number of nitrogens with zero attached hydrogens (tertiary/aromatic N) is 2. The van der Waals surface area contributed by atoms with Gasteiger partial charge in [0.2, 0.25) is 5.91 Å². The molecule has 0 saturated heterocycles. The van der Waals surface area contributed by atoms with Crippen molar-refractivity contribution < 1.29 is 4.79 Å². The molecule has 156 valence electrons. The molecular weight excluding hydrogens is 356 g/mol. The summed E-state index contributed by atoms with van der Waals surface area (Å²) in [6.45, 7) is 10.1. The first kappa shape index (κ1) is 20.4. The highest BCUT2D eigenvalue weighted by molar-refractivity contribution is 6.02. The number of likely N-dealkylation sites (N-methyl/N-ethyl adjacent to an activating group) is 1. The van der Waals surface area contributed by atoms with Crippen molar-refractivity contribution >= 4 is 22.4 Å². The lowest BCUT2D eigenvalue weighted by atomic mass is 9.84. The fourth-order valence-corrected chi connectivity index (χ4v) is 5.42. The van der Waals surface area contributed by atoms with Gasteiger partial charge in [-0.2, -0.15) is 0 Å². The van der Waals surface area contributed by atoms with Crippen molar-refractivity contribution in [3.05, 3.63) is 42.1 Å². The zero-order valence-electron chi connectivity index (χ0n) is 18.4. The molecule has 0 N–H and O–H groups in total. The van der Waals surface area contributed by atoms with Crippen molar-refractivity contribution in [3.63, 3.8) is 0 Å². The average Bonchev–Trinajstić information content (AvgIpc) is 3.37. The first-order valence-electron chi connectivity index (χ1n) is 11.5. The summed E-state index contributed by atoms with van der Waals surface area (Å²) in [5.41, 5.74) is 4.80. The third-order valence-corrected chi connectivity index (χ3v) is 7.41. The second kappa shape index (κ2) is 8.47. The monoisotopic (exact) mass is 392 g/mol. The number of aromatic nitrogens is 1. The lowest BCUT2D eigenvalue weighted by molar-refractivity contribution is 0.0898. The number of benzene rings is 1. The smallest absolute Gasteiger partial charge is 0.231 e. The first-order chi connectivity index (χ1) is 14.0. The Hall–Kier alpha value is -1.87. The number of rotatable bonds is 7. The predicted octanol–water partition coefficient (Wildman–Crippen LogP) is 6.17. The van der Waals surface area contributed by atoms with Crippen LogP contribution >= 0.6 is 0 Å². The molecule has 3 heteroatoms. The van der Waals surface area contributed by atoms with E-state index in [1.165, 1.54) is 54.2 Å². The Morgan fingerprint density at radius 3 is 2.79 bits per heavy atom. The SMILES string of the molecule is C=C1c2cccc3c2c(cn3C(=O)CCC2CCCC2)C[C@H]1N(C)CC(C)CC. The van der Waals surface area contributed by atoms with E-state index in [9.17, 15) is 4.79 Å². The lowest BCUT2D eigenvalue weighted by Crippen LogP contribution is -2.38. The van der Waals surface area contributed by atoms with Gasteiger partial charge in [0.25, 0.3) is 0 Å². The molecule has 29 heavy (non-hydrogen) atoms. The summed E-state index contributed by atoms with van der Waals surface area (Å²) >= 11 is 0. The summed E-state index contributed by atoms with van der Waals surface area (Å²) in [5.74, 6) is 1.68. The van der Waals surface area contributed by atoms with E-state index in [1.807, 2.05) is 4.57 Å². The maximum absolute atomic E-state index is 13.1. The molecule has 0 amide bonds. The highest BCUT2D eigenvalue weighted by Gasteiger charge is 2.30. The molecule has 0 bridgehead atoms. The lowest BCUT2D eigenvalue weighted by Gasteiger charge is -2.34. The van der Waals surface area contributed by atoms with Crippen molar-refractivity contribution in [2.24, 2.45) is 11.8 Å². The normalized spacial score (nSPS) is 20.7. The second-order valence-electron chi connectivity index (χ2n) is 9.51. The maximum Gasteiger partial charge on any atom is 0.231 e. The topological polar surface area (TPSA) is 25.2 Å². The molecule has 3 nitrogen and oxygen atoms in total. The van der Waals surface area contributed by atoms with Crippen molar-refractivity contribution in [1.29, 1.82) is 0 Å². The molecular formula is C26H36N2O. The van der Waals surface area contributed by atoms with E-state index in [4.69, 9.17) is 0 Å². The van der Waals surface area contributed by atoms with E-state index < -0.39 is 0 Å². The number of hydrogen-bond donors (Lipinski definition) is 0. The Bertz CT molecular complexity index is 903. The van der Waals surface area contributed by atoms with Crippen molar-refractivity contribution in [2.45, 2.75) is 71.3 Å². The quantitative estimate of drug-likeness (QED) is 0.563. The standard InChI is InChI=1S/C26H36N2O/c1-5-18(2)16-27(4)24-15-21-17-28(25(29)14-13-20-9-6-7-10-20)23-12-8-11-22(19(24)3)26(21)23/h8,11-12,17-18,20,24H,3,5-7,9-10,13-16H2,1-2,4H3/t18?,24-/m1/s1. The molecule has 2 aliphatic rings. The van der Waals surface area contributed by atoms with E-state index in [2.05, 4.69) is 56.8 Å². The second-order valence-corrected chi connectivity index (χ2v) is 9.51. The van der Waals surface area contributed by atoms with E-state index in [0.717, 1.165) is 30.8 Å². The van der Waals surface area contributed by atoms with E-state index in [1.54, 1.807) is 0 Å². The summed E-state index contributed by atoms with van der Waals surface area (Å²) in [4.78, 5) is 15.5. The van der Waals surface area contributed by atoms with Crippen LogP contribution in [0.5, 0.6) is 0 Å². The Morgan fingerprint density at radius 1 is 1.31 bits per heavy atom. The Morgan fingerprint density at radius 2 is 2.07 bits per heavy atom. The number of hydrogen-bond acceptors (Lipinski definition) is 2. The zero-order valence-corrected chi connectivity index (χ0v) is 18.4. The van der Waals surface area contributed by atoms with Crippen LogP contribution in [0.2, 0.25) is 0 Å². The molecule has 1 fully saturated rings. The third kappa shape index (κ3) is 3.94. The van der Waals surface area contributed by atoms with E-state index in [-0.39, 0.29) is 5.91 Å². The van der Waals surface area contributed by atoms with Crippen LogP contribution in [0.3, 0.4) is 0 Å². The summed E-state index contributed by atoms with van der Waals surface area (Å²) in [6.07, 6.45) is 11.3. The molecule has 2 aromatic rings. The van der Waals surface area contributed by atoms with Gasteiger partial charge < -0.3 is 0 Å². The minimum atomic E-state index is 0.252. The largest absolute Gasteiger partial charge is 0.299 e. The number of carbonyl (C=O) groups excluding carboxylic acids is 1. The van der Waals surface area contributed by atoms with Crippen molar-refractivity contribution in [2.75, 3.05) is 13.6 Å². The molecule has 1 saturated carbocycles. The Labute approximate surface area is 175 Å². The minimum absolute atomic E-state index is 0.252. The Kier molecular flexibility index (Phi) is 5.96. The van der Waals surface area contributed by atoms with Gasteiger partial charge in [-0.15, -0.1) is 0 Å². The first-order valence-corrected chi connectivity index (χ1v) is 11.5. The molecule has 2 aliphatic carbocycles. The fraction of sp³-hybridized carbons (Fsp3) is 0.577. The van der Waals surface area contributed by atoms with Crippen LogP contribution in [0, 0.1) is 11.8 Å². The van der Waals surface area contributed by atoms with Gasteiger partial charge >= 0.3 is 0 Å². The zero-order chi connectivity index (χ0) is 20.5. The van der Waals surface area contributed by atoms with Crippen LogP contribution < -0.4 is 0 Å². The third-order valence-electron chi connectivity index (χ3n) is 7.41. The van der Waals surface area contributed by atoms with Crippen molar-refractivity contribution in [1.82, 2.24) is 9.47 Å².